The molecular formula is C41H49Cl3SiTi. The number of rotatable bonds is 6. The van der Waals surface area contributed by atoms with E-state index in [1.54, 1.807) is 0 Å². The normalized spacial score (nSPS) is 12.7. The Bertz CT molecular complexity index is 1680. The number of hydrogen-bond donors (Lipinski definition) is 0. The van der Waals surface area contributed by atoms with Crippen molar-refractivity contribution in [2.24, 2.45) is 0 Å². The third-order valence-electron chi connectivity index (χ3n) is 9.14. The van der Waals surface area contributed by atoms with Gasteiger partial charge < -0.3 is 37.2 Å². The van der Waals surface area contributed by atoms with E-state index in [2.05, 4.69) is 160 Å². The smallest absolute Gasteiger partial charge is 1.00 e. The summed E-state index contributed by atoms with van der Waals surface area (Å²) >= 11 is 0. The Morgan fingerprint density at radius 1 is 0.565 bits per heavy atom. The number of hydrogen-bond acceptors (Lipinski definition) is 0. The van der Waals surface area contributed by atoms with Crippen LogP contribution in [0.5, 0.6) is 0 Å². The number of halogens is 3. The molecule has 0 nitrogen and oxygen atoms in total. The van der Waals surface area contributed by atoms with Gasteiger partial charge >= 0.3 is 21.7 Å². The molecule has 242 valence electrons. The fourth-order valence-electron chi connectivity index (χ4n) is 6.73. The van der Waals surface area contributed by atoms with Gasteiger partial charge in [0.25, 0.3) is 0 Å². The first-order valence-corrected chi connectivity index (χ1v) is 17.8. The molecule has 46 heavy (non-hydrogen) atoms. The molecule has 1 unspecified atom stereocenters. The summed E-state index contributed by atoms with van der Waals surface area (Å²) < 4.78 is 0. The summed E-state index contributed by atoms with van der Waals surface area (Å²) in [6.07, 6.45) is 2.07. The van der Waals surface area contributed by atoms with Crippen LogP contribution in [0.1, 0.15) is 88.8 Å². The van der Waals surface area contributed by atoms with Crippen molar-refractivity contribution in [2.75, 3.05) is 0 Å². The molecule has 5 rings (SSSR count). The largest absolute Gasteiger partial charge is 4.00 e. The van der Waals surface area contributed by atoms with Crippen molar-refractivity contribution < 1.29 is 58.9 Å². The average Bonchev–Trinajstić information content (AvgIpc) is 3.36. The molecule has 0 heterocycles. The minimum absolute atomic E-state index is 0. The van der Waals surface area contributed by atoms with Crippen LogP contribution in [0.15, 0.2) is 91.0 Å². The van der Waals surface area contributed by atoms with Gasteiger partial charge in [0.1, 0.15) is 8.07 Å². The van der Waals surface area contributed by atoms with E-state index in [0.717, 1.165) is 12.8 Å². The predicted molar refractivity (Wildman–Crippen MR) is 189 cm³/mol. The van der Waals surface area contributed by atoms with Crippen LogP contribution in [0.2, 0.25) is 0 Å². The van der Waals surface area contributed by atoms with Crippen molar-refractivity contribution in [3.8, 4) is 0 Å². The topological polar surface area (TPSA) is 0 Å². The van der Waals surface area contributed by atoms with E-state index in [1.165, 1.54) is 64.9 Å². The van der Waals surface area contributed by atoms with Gasteiger partial charge in [0.2, 0.25) is 0 Å². The monoisotopic (exact) mass is 722 g/mol. The summed E-state index contributed by atoms with van der Waals surface area (Å²) in [5, 5.41) is 8.71. The van der Waals surface area contributed by atoms with Crippen molar-refractivity contribution in [1.29, 1.82) is 0 Å². The molecule has 0 bridgehead atoms. The maximum atomic E-state index is 2.59. The van der Waals surface area contributed by atoms with Crippen LogP contribution in [0.4, 0.5) is 0 Å². The van der Waals surface area contributed by atoms with Gasteiger partial charge in [0.15, 0.2) is 0 Å². The minimum atomic E-state index is -2.79. The molecule has 0 aliphatic heterocycles. The van der Waals surface area contributed by atoms with E-state index in [9.17, 15) is 0 Å². The van der Waals surface area contributed by atoms with Gasteiger partial charge in [-0.25, -0.2) is 0 Å². The average molecular weight is 724 g/mol. The molecule has 0 saturated carbocycles. The molecule has 0 spiro atoms. The van der Waals surface area contributed by atoms with Crippen LogP contribution < -0.4 is 58.0 Å². The number of benzene rings is 4. The fraction of sp³-hybridized carbons (Fsp3) is 0.341. The second kappa shape index (κ2) is 16.1. The molecule has 0 aromatic heterocycles. The molecule has 0 amide bonds. The van der Waals surface area contributed by atoms with Gasteiger partial charge in [0.05, 0.1) is 0 Å². The van der Waals surface area contributed by atoms with Gasteiger partial charge in [-0.05, 0) is 59.8 Å². The fourth-order valence-corrected chi connectivity index (χ4v) is 12.1. The molecule has 0 aliphatic carbocycles. The summed E-state index contributed by atoms with van der Waals surface area (Å²) in [5.41, 5.74) is 8.45. The third kappa shape index (κ3) is 8.11. The van der Waals surface area contributed by atoms with E-state index in [4.69, 9.17) is 0 Å². The van der Waals surface area contributed by atoms with E-state index < -0.39 is 8.07 Å². The molecule has 5 aromatic carbocycles. The standard InChI is InChI=1S/C41H49Si.3ClH.Ti/c1-11-30-22-31(12-2)24-36(23-30)42(35-20-28(3)19-29(4)21-35,39-18-17-32-15-13-14-16-38(32)39)37-26-33(40(5,6)7)25-34(27-37)41(8,9)10;;;;/h13-27H,11-12H2,1-10H3;3*1H;/q-1;;;;+4/p-3. The summed E-state index contributed by atoms with van der Waals surface area (Å²) in [6.45, 7) is 23.3. The molecular weight excluding hydrogens is 675 g/mol. The van der Waals surface area contributed by atoms with E-state index >= 15 is 0 Å². The Kier molecular flexibility index (Phi) is 14.8. The summed E-state index contributed by atoms with van der Waals surface area (Å²) in [6, 6.07) is 36.4. The van der Waals surface area contributed by atoms with E-state index in [0.29, 0.717) is 0 Å². The Morgan fingerprint density at radius 2 is 1.02 bits per heavy atom. The summed E-state index contributed by atoms with van der Waals surface area (Å²) in [7, 11) is -2.79. The molecule has 0 saturated heterocycles. The van der Waals surface area contributed by atoms with Crippen molar-refractivity contribution in [2.45, 2.75) is 92.9 Å². The maximum absolute atomic E-state index is 2.79. The molecule has 1 atom stereocenters. The molecule has 0 fully saturated rings. The van der Waals surface area contributed by atoms with Crippen LogP contribution in [-0.4, -0.2) is 8.07 Å². The van der Waals surface area contributed by atoms with Crippen molar-refractivity contribution >= 4 is 39.6 Å². The van der Waals surface area contributed by atoms with Gasteiger partial charge in [0, 0.05) is 0 Å². The zero-order valence-electron chi connectivity index (χ0n) is 29.2. The van der Waals surface area contributed by atoms with Crippen LogP contribution in [-0.2, 0) is 45.4 Å². The van der Waals surface area contributed by atoms with Crippen LogP contribution >= 0.6 is 0 Å². The first kappa shape index (κ1) is 42.3. The number of fused-ring (bicyclic) bond motifs is 1. The van der Waals surface area contributed by atoms with Gasteiger partial charge in [-0.1, -0.05) is 143 Å². The quantitative estimate of drug-likeness (QED) is 0.124. The van der Waals surface area contributed by atoms with E-state index in [1.807, 2.05) is 0 Å². The molecule has 5 aromatic rings. The Balaban J connectivity index is 0.00000264. The Hall–Kier alpha value is -1.71. The minimum Gasteiger partial charge on any atom is -1.00 e. The van der Waals surface area contributed by atoms with Crippen LogP contribution in [0.25, 0.3) is 10.8 Å². The van der Waals surface area contributed by atoms with Crippen molar-refractivity contribution in [3.63, 3.8) is 0 Å². The second-order valence-corrected chi connectivity index (χ2v) is 18.3. The predicted octanol–water partition coefficient (Wildman–Crippen LogP) is -0.718. The zero-order chi connectivity index (χ0) is 30.4. The maximum Gasteiger partial charge on any atom is 4.00 e. The first-order chi connectivity index (χ1) is 19.8. The van der Waals surface area contributed by atoms with Crippen LogP contribution in [0.3, 0.4) is 0 Å². The first-order valence-electron chi connectivity index (χ1n) is 15.8. The molecule has 0 aliphatic rings. The Labute approximate surface area is 313 Å². The second-order valence-electron chi connectivity index (χ2n) is 14.5. The van der Waals surface area contributed by atoms with Crippen molar-refractivity contribution in [3.05, 3.63) is 124 Å². The summed E-state index contributed by atoms with van der Waals surface area (Å²) in [5.74, 6) is 0. The van der Waals surface area contributed by atoms with E-state index in [-0.39, 0.29) is 69.8 Å². The van der Waals surface area contributed by atoms with Gasteiger partial charge in [-0.15, -0.1) is 34.2 Å². The zero-order valence-corrected chi connectivity index (χ0v) is 34.0. The molecule has 5 heteroatoms. The van der Waals surface area contributed by atoms with Gasteiger partial charge in [-0.2, -0.15) is 12.1 Å². The Morgan fingerprint density at radius 3 is 1.50 bits per heavy atom. The molecule has 0 radical (unpaired) electrons. The van der Waals surface area contributed by atoms with Crippen LogP contribution in [0, 0.1) is 13.8 Å². The van der Waals surface area contributed by atoms with Crippen molar-refractivity contribution in [1.82, 2.24) is 0 Å². The SMILES string of the molecule is CCc1cc(CC)cc([Si](c2cc(C)cc(C)c2)(c2cc(C(C)(C)C)cc(C(C)(C)C)c2)[c-]2ccc3ccccc32)c1.[Cl-].[Cl-].[Cl-].[Ti+4]. The summed E-state index contributed by atoms with van der Waals surface area (Å²) in [4.78, 5) is 0. The van der Waals surface area contributed by atoms with Gasteiger partial charge in [-0.3, -0.25) is 0 Å². The third-order valence-corrected chi connectivity index (χ3v) is 13.8. The number of aryl methyl sites for hydroxylation is 4. The molecule has 0 N–H and O–H groups in total.